The zero-order chi connectivity index (χ0) is 9.68. The van der Waals surface area contributed by atoms with Crippen LogP contribution in [0.15, 0.2) is 29.4 Å². The second kappa shape index (κ2) is 4.50. The third kappa shape index (κ3) is 1.99. The second-order valence-electron chi connectivity index (χ2n) is 2.60. The Morgan fingerprint density at radius 1 is 1.46 bits per heavy atom. The lowest BCUT2D eigenvalue weighted by Crippen LogP contribution is -2.01. The summed E-state index contributed by atoms with van der Waals surface area (Å²) in [5.74, 6) is 0.733. The molecule has 0 fully saturated rings. The summed E-state index contributed by atoms with van der Waals surface area (Å²) in [6.45, 7) is 1.93. The number of ether oxygens (including phenoxy) is 1. The van der Waals surface area contributed by atoms with Crippen LogP contribution in [0.5, 0.6) is 5.75 Å². The molecule has 0 aliphatic rings. The normalized spacial score (nSPS) is 11.4. The maximum absolute atomic E-state index is 8.73. The van der Waals surface area contributed by atoms with Gasteiger partial charge >= 0.3 is 0 Å². The van der Waals surface area contributed by atoms with Crippen molar-refractivity contribution < 1.29 is 9.94 Å². The van der Waals surface area contributed by atoms with Crippen LogP contribution in [0.4, 0.5) is 0 Å². The predicted molar refractivity (Wildman–Crippen MR) is 51.6 cm³/mol. The Labute approximate surface area is 77.6 Å². The van der Waals surface area contributed by atoms with E-state index in [1.165, 1.54) is 0 Å². The van der Waals surface area contributed by atoms with Crippen molar-refractivity contribution in [2.45, 2.75) is 13.3 Å². The minimum absolute atomic E-state index is 0.637. The molecule has 0 saturated carbocycles. The molecule has 0 radical (unpaired) electrons. The van der Waals surface area contributed by atoms with E-state index < -0.39 is 0 Å². The van der Waals surface area contributed by atoms with Gasteiger partial charge in [0.25, 0.3) is 0 Å². The number of nitrogens with zero attached hydrogens (tertiary/aromatic N) is 1. The van der Waals surface area contributed by atoms with Crippen LogP contribution in [0.3, 0.4) is 0 Å². The molecule has 0 bridgehead atoms. The van der Waals surface area contributed by atoms with Gasteiger partial charge in [-0.15, -0.1) is 0 Å². The van der Waals surface area contributed by atoms with Crippen molar-refractivity contribution >= 4 is 5.71 Å². The molecule has 0 amide bonds. The van der Waals surface area contributed by atoms with Gasteiger partial charge in [-0.2, -0.15) is 0 Å². The highest BCUT2D eigenvalue weighted by atomic mass is 16.5. The van der Waals surface area contributed by atoms with Crippen molar-refractivity contribution in [3.8, 4) is 5.75 Å². The number of benzene rings is 1. The highest BCUT2D eigenvalue weighted by Gasteiger charge is 2.07. The van der Waals surface area contributed by atoms with Crippen molar-refractivity contribution in [3.63, 3.8) is 0 Å². The van der Waals surface area contributed by atoms with Crippen molar-refractivity contribution in [1.82, 2.24) is 0 Å². The van der Waals surface area contributed by atoms with E-state index in [0.29, 0.717) is 12.1 Å². The van der Waals surface area contributed by atoms with E-state index in [4.69, 9.17) is 9.94 Å². The first kappa shape index (κ1) is 9.58. The first-order chi connectivity index (χ1) is 6.33. The van der Waals surface area contributed by atoms with Crippen molar-refractivity contribution in [2.24, 2.45) is 5.16 Å². The summed E-state index contributed by atoms with van der Waals surface area (Å²) in [6.07, 6.45) is 0.677. The molecule has 0 aromatic heterocycles. The van der Waals surface area contributed by atoms with Crippen LogP contribution in [0.2, 0.25) is 0 Å². The quantitative estimate of drug-likeness (QED) is 0.439. The van der Waals surface area contributed by atoms with Gasteiger partial charge in [0.1, 0.15) is 5.75 Å². The summed E-state index contributed by atoms with van der Waals surface area (Å²) >= 11 is 0. The van der Waals surface area contributed by atoms with Gasteiger partial charge in [0.2, 0.25) is 0 Å². The minimum atomic E-state index is 0.637. The highest BCUT2D eigenvalue weighted by Crippen LogP contribution is 2.19. The summed E-state index contributed by atoms with van der Waals surface area (Å²) in [6, 6.07) is 7.49. The maximum Gasteiger partial charge on any atom is 0.128 e. The van der Waals surface area contributed by atoms with E-state index in [1.807, 2.05) is 31.2 Å². The number of hydrogen-bond donors (Lipinski definition) is 1. The van der Waals surface area contributed by atoms with Crippen molar-refractivity contribution in [1.29, 1.82) is 0 Å². The molecule has 3 nitrogen and oxygen atoms in total. The third-order valence-electron chi connectivity index (χ3n) is 1.87. The molecular weight excluding hydrogens is 166 g/mol. The van der Waals surface area contributed by atoms with Gasteiger partial charge in [0.05, 0.1) is 12.8 Å². The number of hydrogen-bond acceptors (Lipinski definition) is 3. The Bertz CT molecular complexity index is 308. The summed E-state index contributed by atoms with van der Waals surface area (Å²) in [7, 11) is 1.60. The Morgan fingerprint density at radius 3 is 2.69 bits per heavy atom. The summed E-state index contributed by atoms with van der Waals surface area (Å²) in [5, 5.41) is 12.0. The molecule has 1 rings (SSSR count). The standard InChI is InChI=1S/C10H13NO2/c1-3-9(11-12)8-6-4-5-7-10(8)13-2/h4-7,12H,3H2,1-2H3. The molecule has 0 aliphatic heterocycles. The SMILES string of the molecule is CCC(=NO)c1ccccc1OC. The minimum Gasteiger partial charge on any atom is -0.496 e. The lowest BCUT2D eigenvalue weighted by molar-refractivity contribution is 0.318. The monoisotopic (exact) mass is 179 g/mol. The molecule has 1 aromatic carbocycles. The molecule has 0 saturated heterocycles. The first-order valence-corrected chi connectivity index (χ1v) is 4.17. The lowest BCUT2D eigenvalue weighted by atomic mass is 10.1. The molecule has 0 spiro atoms. The smallest absolute Gasteiger partial charge is 0.128 e. The lowest BCUT2D eigenvalue weighted by Gasteiger charge is -2.07. The van der Waals surface area contributed by atoms with Crippen molar-refractivity contribution in [2.75, 3.05) is 7.11 Å². The zero-order valence-corrected chi connectivity index (χ0v) is 7.82. The van der Waals surface area contributed by atoms with Crippen LogP contribution in [-0.4, -0.2) is 18.0 Å². The summed E-state index contributed by atoms with van der Waals surface area (Å²) in [4.78, 5) is 0. The van der Waals surface area contributed by atoms with Crippen LogP contribution in [0.1, 0.15) is 18.9 Å². The average Bonchev–Trinajstić information content (AvgIpc) is 2.20. The fourth-order valence-electron chi connectivity index (χ4n) is 1.20. The molecule has 0 heterocycles. The molecule has 13 heavy (non-hydrogen) atoms. The molecule has 70 valence electrons. The van der Waals surface area contributed by atoms with Crippen LogP contribution in [0.25, 0.3) is 0 Å². The van der Waals surface area contributed by atoms with E-state index in [1.54, 1.807) is 7.11 Å². The van der Waals surface area contributed by atoms with Crippen LogP contribution in [0, 0.1) is 0 Å². The van der Waals surface area contributed by atoms with Gasteiger partial charge in [0, 0.05) is 5.56 Å². The predicted octanol–water partition coefficient (Wildman–Crippen LogP) is 2.28. The van der Waals surface area contributed by atoms with Gasteiger partial charge in [-0.25, -0.2) is 0 Å². The van der Waals surface area contributed by atoms with Crippen molar-refractivity contribution in [3.05, 3.63) is 29.8 Å². The molecule has 0 aliphatic carbocycles. The molecule has 1 N–H and O–H groups in total. The van der Waals surface area contributed by atoms with Gasteiger partial charge in [-0.1, -0.05) is 24.2 Å². The summed E-state index contributed by atoms with van der Waals surface area (Å²) in [5.41, 5.74) is 1.48. The van der Waals surface area contributed by atoms with E-state index in [9.17, 15) is 0 Å². The van der Waals surface area contributed by atoms with Crippen LogP contribution < -0.4 is 4.74 Å². The Balaban J connectivity index is 3.12. The number of rotatable bonds is 3. The summed E-state index contributed by atoms with van der Waals surface area (Å²) < 4.78 is 5.14. The molecule has 1 aromatic rings. The van der Waals surface area contributed by atoms with E-state index in [-0.39, 0.29) is 0 Å². The second-order valence-corrected chi connectivity index (χ2v) is 2.60. The van der Waals surface area contributed by atoms with E-state index >= 15 is 0 Å². The van der Waals surface area contributed by atoms with Crippen LogP contribution in [-0.2, 0) is 0 Å². The Morgan fingerprint density at radius 2 is 2.15 bits per heavy atom. The third-order valence-corrected chi connectivity index (χ3v) is 1.87. The average molecular weight is 179 g/mol. The molecule has 0 unspecified atom stereocenters. The van der Waals surface area contributed by atoms with Gasteiger partial charge in [-0.05, 0) is 18.6 Å². The van der Waals surface area contributed by atoms with Gasteiger partial charge in [-0.3, -0.25) is 0 Å². The fraction of sp³-hybridized carbons (Fsp3) is 0.300. The topological polar surface area (TPSA) is 41.8 Å². The van der Waals surface area contributed by atoms with Gasteiger partial charge in [0.15, 0.2) is 0 Å². The van der Waals surface area contributed by atoms with E-state index in [0.717, 1.165) is 11.3 Å². The Hall–Kier alpha value is -1.51. The van der Waals surface area contributed by atoms with Crippen LogP contribution >= 0.6 is 0 Å². The highest BCUT2D eigenvalue weighted by molar-refractivity contribution is 6.02. The molecule has 3 heteroatoms. The first-order valence-electron chi connectivity index (χ1n) is 4.17. The largest absolute Gasteiger partial charge is 0.496 e. The molecular formula is C10H13NO2. The Kier molecular flexibility index (Phi) is 3.31. The number of para-hydroxylation sites is 1. The number of methoxy groups -OCH3 is 1. The zero-order valence-electron chi connectivity index (χ0n) is 7.82. The fourth-order valence-corrected chi connectivity index (χ4v) is 1.20. The maximum atomic E-state index is 8.73. The van der Waals surface area contributed by atoms with E-state index in [2.05, 4.69) is 5.16 Å². The van der Waals surface area contributed by atoms with Gasteiger partial charge < -0.3 is 9.94 Å². The number of oxime groups is 1. The molecule has 0 atom stereocenters.